The topological polar surface area (TPSA) is 21.4 Å². The van der Waals surface area contributed by atoms with Gasteiger partial charge in [-0.2, -0.15) is 0 Å². The molecule has 0 aliphatic rings. The smallest absolute Gasteiger partial charge is 0.213 e. The minimum atomic E-state index is -0.300. The molecule has 4 rings (SSSR count). The van der Waals surface area contributed by atoms with Crippen LogP contribution in [0.4, 0.5) is 10.1 Å². The van der Waals surface area contributed by atoms with Gasteiger partial charge in [0.15, 0.2) is 11.9 Å². The van der Waals surface area contributed by atoms with Crippen LogP contribution < -0.4 is 4.57 Å². The van der Waals surface area contributed by atoms with Gasteiger partial charge in [-0.25, -0.2) is 13.8 Å². The molecule has 0 aliphatic carbocycles. The van der Waals surface area contributed by atoms with E-state index in [4.69, 9.17) is 11.0 Å². The summed E-state index contributed by atoms with van der Waals surface area (Å²) in [5, 5.41) is 1.68. The number of nitrogens with zero attached hydrogens (tertiary/aromatic N) is 2. The van der Waals surface area contributed by atoms with Gasteiger partial charge in [-0.05, 0) is 30.7 Å². The van der Waals surface area contributed by atoms with Gasteiger partial charge in [0.1, 0.15) is 24.0 Å². The van der Waals surface area contributed by atoms with Crippen LogP contribution in [0.5, 0.6) is 0 Å². The highest BCUT2D eigenvalue weighted by molar-refractivity contribution is 6.13. The fourth-order valence-electron chi connectivity index (χ4n) is 3.17. The molecule has 0 spiro atoms. The molecule has 2 aromatic heterocycles. The average molecular weight is 317 g/mol. The lowest BCUT2D eigenvalue weighted by Crippen LogP contribution is -2.30. The quantitative estimate of drug-likeness (QED) is 0.354. The summed E-state index contributed by atoms with van der Waals surface area (Å²) in [6.07, 6.45) is 1.93. The summed E-state index contributed by atoms with van der Waals surface area (Å²) in [5.41, 5.74) is 3.96. The van der Waals surface area contributed by atoms with E-state index in [1.807, 2.05) is 36.0 Å². The van der Waals surface area contributed by atoms with Gasteiger partial charge in [-0.15, -0.1) is 0 Å². The number of aromatic nitrogens is 1. The van der Waals surface area contributed by atoms with Gasteiger partial charge in [0.25, 0.3) is 0 Å². The highest BCUT2D eigenvalue weighted by Gasteiger charge is 2.22. The van der Waals surface area contributed by atoms with E-state index in [2.05, 4.69) is 4.85 Å². The summed E-state index contributed by atoms with van der Waals surface area (Å²) in [6.45, 7) is 9.01. The summed E-state index contributed by atoms with van der Waals surface area (Å²) in [5.74, 6) is -0.300. The Morgan fingerprint density at radius 2 is 1.96 bits per heavy atom. The first-order valence-electron chi connectivity index (χ1n) is 7.58. The molecule has 4 heteroatoms. The van der Waals surface area contributed by atoms with Gasteiger partial charge < -0.3 is 4.42 Å². The van der Waals surface area contributed by atoms with Crippen molar-refractivity contribution in [2.24, 2.45) is 7.05 Å². The molecule has 4 aromatic rings. The lowest BCUT2D eigenvalue weighted by atomic mass is 9.97. The first kappa shape index (κ1) is 14.4. The fraction of sp³-hybridized carbons (Fsp3) is 0.100. The second kappa shape index (κ2) is 5.17. The Balaban J connectivity index is 2.24. The Bertz CT molecular complexity index is 1150. The summed E-state index contributed by atoms with van der Waals surface area (Å²) >= 11 is 0. The van der Waals surface area contributed by atoms with Gasteiger partial charge in [0.2, 0.25) is 5.69 Å². The highest BCUT2D eigenvalue weighted by atomic mass is 19.1. The summed E-state index contributed by atoms with van der Waals surface area (Å²) in [4.78, 5) is 3.50. The maximum atomic E-state index is 14.5. The normalized spacial score (nSPS) is 11.1. The molecule has 0 atom stereocenters. The molecule has 0 saturated carbocycles. The number of benzene rings is 2. The number of aryl methyl sites for hydroxylation is 1. The first-order chi connectivity index (χ1) is 11.6. The van der Waals surface area contributed by atoms with Crippen LogP contribution in [0.1, 0.15) is 5.56 Å². The number of hydrogen-bond acceptors (Lipinski definition) is 1. The SMILES string of the molecule is [C-]#[N+]c1ccc2oc3cc(F)c(C)c(-c4cccc[n+]4C)c3c2c1. The third-order valence-electron chi connectivity index (χ3n) is 4.38. The lowest BCUT2D eigenvalue weighted by Gasteiger charge is -2.07. The van der Waals surface area contributed by atoms with Crippen molar-refractivity contribution in [2.45, 2.75) is 6.92 Å². The van der Waals surface area contributed by atoms with Gasteiger partial charge in [-0.3, -0.25) is 0 Å². The standard InChI is InChI=1S/C20H14FN2O/c1-12-15(21)11-18-20(19(12)16-6-4-5-9-23(16)3)14-10-13(22-2)7-8-17(14)24-18/h4-11H,1,3H3/q+1. The van der Waals surface area contributed by atoms with Crippen LogP contribution in [-0.4, -0.2) is 0 Å². The zero-order valence-electron chi connectivity index (χ0n) is 13.3. The Hall–Kier alpha value is -3.19. The molecule has 2 heterocycles. The van der Waals surface area contributed by atoms with Crippen molar-refractivity contribution >= 4 is 27.6 Å². The van der Waals surface area contributed by atoms with Crippen molar-refractivity contribution < 1.29 is 13.4 Å². The Morgan fingerprint density at radius 3 is 2.71 bits per heavy atom. The van der Waals surface area contributed by atoms with E-state index in [1.54, 1.807) is 25.1 Å². The highest BCUT2D eigenvalue weighted by Crippen LogP contribution is 2.39. The minimum Gasteiger partial charge on any atom is -0.456 e. The molecule has 0 bridgehead atoms. The molecule has 0 saturated heterocycles. The molecule has 24 heavy (non-hydrogen) atoms. The maximum absolute atomic E-state index is 14.5. The molecule has 0 N–H and O–H groups in total. The van der Waals surface area contributed by atoms with Gasteiger partial charge in [0, 0.05) is 29.0 Å². The zero-order valence-corrected chi connectivity index (χ0v) is 13.3. The summed E-state index contributed by atoms with van der Waals surface area (Å²) < 4.78 is 22.3. The Labute approximate surface area is 138 Å². The van der Waals surface area contributed by atoms with Gasteiger partial charge in [-0.1, -0.05) is 6.07 Å². The van der Waals surface area contributed by atoms with Gasteiger partial charge >= 0.3 is 0 Å². The largest absolute Gasteiger partial charge is 0.456 e. The van der Waals surface area contributed by atoms with E-state index in [0.29, 0.717) is 22.4 Å². The number of pyridine rings is 1. The van der Waals surface area contributed by atoms with E-state index in [1.165, 1.54) is 6.07 Å². The van der Waals surface area contributed by atoms with Crippen molar-refractivity contribution in [3.8, 4) is 11.3 Å². The molecule has 0 unspecified atom stereocenters. The summed E-state index contributed by atoms with van der Waals surface area (Å²) in [6, 6.07) is 12.5. The molecule has 0 aliphatic heterocycles. The van der Waals surface area contributed by atoms with E-state index in [-0.39, 0.29) is 5.82 Å². The van der Waals surface area contributed by atoms with Crippen LogP contribution in [0.25, 0.3) is 38.0 Å². The number of hydrogen-bond donors (Lipinski definition) is 0. The molecular weight excluding hydrogens is 303 g/mol. The van der Waals surface area contributed by atoms with Crippen LogP contribution in [0.3, 0.4) is 0 Å². The fourth-order valence-corrected chi connectivity index (χ4v) is 3.17. The van der Waals surface area contributed by atoms with Crippen LogP contribution >= 0.6 is 0 Å². The monoisotopic (exact) mass is 317 g/mol. The molecule has 2 aromatic carbocycles. The van der Waals surface area contributed by atoms with E-state index >= 15 is 0 Å². The van der Waals surface area contributed by atoms with Crippen molar-refractivity contribution in [1.82, 2.24) is 0 Å². The third-order valence-corrected chi connectivity index (χ3v) is 4.38. The molecule has 3 nitrogen and oxygen atoms in total. The van der Waals surface area contributed by atoms with Crippen LogP contribution in [0.15, 0.2) is 53.1 Å². The van der Waals surface area contributed by atoms with E-state index in [9.17, 15) is 4.39 Å². The number of furan rings is 1. The van der Waals surface area contributed by atoms with Crippen molar-refractivity contribution in [1.29, 1.82) is 0 Å². The first-order valence-corrected chi connectivity index (χ1v) is 7.58. The van der Waals surface area contributed by atoms with Crippen molar-refractivity contribution in [3.63, 3.8) is 0 Å². The van der Waals surface area contributed by atoms with E-state index in [0.717, 1.165) is 22.0 Å². The molecule has 116 valence electrons. The van der Waals surface area contributed by atoms with Crippen LogP contribution in [0.2, 0.25) is 0 Å². The number of fused-ring (bicyclic) bond motifs is 3. The Morgan fingerprint density at radius 1 is 1.12 bits per heavy atom. The summed E-state index contributed by atoms with van der Waals surface area (Å²) in [7, 11) is 1.93. The average Bonchev–Trinajstić information content (AvgIpc) is 2.94. The molecular formula is C20H14FN2O+. The zero-order chi connectivity index (χ0) is 16.8. The number of rotatable bonds is 1. The molecule has 0 radical (unpaired) electrons. The maximum Gasteiger partial charge on any atom is 0.213 e. The minimum absolute atomic E-state index is 0.300. The van der Waals surface area contributed by atoms with E-state index < -0.39 is 0 Å². The predicted molar refractivity (Wildman–Crippen MR) is 91.3 cm³/mol. The second-order valence-electron chi connectivity index (χ2n) is 5.82. The van der Waals surface area contributed by atoms with Crippen LogP contribution in [-0.2, 0) is 7.05 Å². The Kier molecular flexibility index (Phi) is 3.10. The molecule has 0 fully saturated rings. The third kappa shape index (κ3) is 1.99. The van der Waals surface area contributed by atoms with Crippen LogP contribution in [0, 0.1) is 19.3 Å². The van der Waals surface area contributed by atoms with Crippen molar-refractivity contribution in [2.75, 3.05) is 0 Å². The lowest BCUT2D eigenvalue weighted by molar-refractivity contribution is -0.660. The number of halogens is 1. The molecule has 0 amide bonds. The van der Waals surface area contributed by atoms with Gasteiger partial charge in [0.05, 0.1) is 12.1 Å². The van der Waals surface area contributed by atoms with Crippen molar-refractivity contribution in [3.05, 3.63) is 71.5 Å². The second-order valence-corrected chi connectivity index (χ2v) is 5.82. The predicted octanol–water partition coefficient (Wildman–Crippen LogP) is 5.08.